The van der Waals surface area contributed by atoms with Crippen LogP contribution in [0, 0.1) is 0 Å². The molecule has 0 unspecified atom stereocenters. The zero-order valence-electron chi connectivity index (χ0n) is 10.9. The van der Waals surface area contributed by atoms with Gasteiger partial charge in [0.1, 0.15) is 18.1 Å². The van der Waals surface area contributed by atoms with Crippen LogP contribution in [-0.4, -0.2) is 20.0 Å². The minimum atomic E-state index is -0.0315. The fourth-order valence-electron chi connectivity index (χ4n) is 2.36. The normalized spacial score (nSPS) is 16.8. The van der Waals surface area contributed by atoms with Crippen molar-refractivity contribution in [3.8, 4) is 16.9 Å². The van der Waals surface area contributed by atoms with Crippen molar-refractivity contribution >= 4 is 17.9 Å². The summed E-state index contributed by atoms with van der Waals surface area (Å²) in [6, 6.07) is 11.0. The standard InChI is InChI=1S/C16H13ClO3/c1-19-13-7-4-11(8-18)16(14-9-20-14)15(13)10-2-5-12(17)6-3-10/h2-8,14H,9H2,1H3/t14-/m1/s1. The zero-order chi connectivity index (χ0) is 14.1. The second-order valence-corrected chi connectivity index (χ2v) is 5.03. The summed E-state index contributed by atoms with van der Waals surface area (Å²) in [7, 11) is 1.62. The Morgan fingerprint density at radius 1 is 1.25 bits per heavy atom. The molecular weight excluding hydrogens is 276 g/mol. The Morgan fingerprint density at radius 2 is 1.95 bits per heavy atom. The number of hydrogen-bond acceptors (Lipinski definition) is 3. The first-order valence-corrected chi connectivity index (χ1v) is 6.66. The van der Waals surface area contributed by atoms with Gasteiger partial charge in [0.05, 0.1) is 13.7 Å². The molecule has 1 saturated heterocycles. The summed E-state index contributed by atoms with van der Waals surface area (Å²) in [5, 5.41) is 0.670. The molecule has 2 aromatic rings. The molecule has 2 aromatic carbocycles. The third-order valence-corrected chi connectivity index (χ3v) is 3.63. The molecule has 0 aromatic heterocycles. The summed E-state index contributed by atoms with van der Waals surface area (Å²) in [4.78, 5) is 11.3. The van der Waals surface area contributed by atoms with Gasteiger partial charge < -0.3 is 9.47 Å². The van der Waals surface area contributed by atoms with Gasteiger partial charge in [-0.25, -0.2) is 0 Å². The Kier molecular flexibility index (Phi) is 3.47. The third kappa shape index (κ3) is 2.30. The lowest BCUT2D eigenvalue weighted by molar-refractivity contribution is 0.112. The van der Waals surface area contributed by atoms with E-state index in [1.807, 2.05) is 24.3 Å². The van der Waals surface area contributed by atoms with Crippen LogP contribution in [0.5, 0.6) is 5.75 Å². The van der Waals surface area contributed by atoms with Gasteiger partial charge in [0, 0.05) is 21.7 Å². The van der Waals surface area contributed by atoms with Crippen molar-refractivity contribution in [1.82, 2.24) is 0 Å². The molecule has 1 aliphatic rings. The largest absolute Gasteiger partial charge is 0.496 e. The van der Waals surface area contributed by atoms with Crippen molar-refractivity contribution in [3.05, 3.63) is 52.5 Å². The Balaban J connectivity index is 2.25. The lowest BCUT2D eigenvalue weighted by Crippen LogP contribution is -1.99. The first kappa shape index (κ1) is 13.2. The summed E-state index contributed by atoms with van der Waals surface area (Å²) in [6.07, 6.45) is 0.826. The van der Waals surface area contributed by atoms with E-state index < -0.39 is 0 Å². The molecule has 3 nitrogen and oxygen atoms in total. The van der Waals surface area contributed by atoms with E-state index in [9.17, 15) is 4.79 Å². The molecule has 0 spiro atoms. The molecule has 1 aliphatic heterocycles. The first-order valence-electron chi connectivity index (χ1n) is 6.28. The maximum Gasteiger partial charge on any atom is 0.150 e. The van der Waals surface area contributed by atoms with Crippen molar-refractivity contribution < 1.29 is 14.3 Å². The molecule has 0 bridgehead atoms. The lowest BCUT2D eigenvalue weighted by Gasteiger charge is -2.15. The molecule has 1 heterocycles. The topological polar surface area (TPSA) is 38.8 Å². The number of carbonyl (C=O) groups is 1. The van der Waals surface area contributed by atoms with Gasteiger partial charge >= 0.3 is 0 Å². The van der Waals surface area contributed by atoms with E-state index in [2.05, 4.69) is 0 Å². The number of benzene rings is 2. The molecule has 1 atom stereocenters. The van der Waals surface area contributed by atoms with E-state index in [4.69, 9.17) is 21.1 Å². The Bertz CT molecular complexity index is 646. The molecule has 0 radical (unpaired) electrons. The van der Waals surface area contributed by atoms with Crippen LogP contribution in [-0.2, 0) is 4.74 Å². The van der Waals surface area contributed by atoms with Crippen molar-refractivity contribution in [3.63, 3.8) is 0 Å². The molecule has 0 amide bonds. The predicted molar refractivity (Wildman–Crippen MR) is 77.5 cm³/mol. The molecule has 4 heteroatoms. The average molecular weight is 289 g/mol. The molecule has 1 fully saturated rings. The van der Waals surface area contributed by atoms with Crippen molar-refractivity contribution in [2.45, 2.75) is 6.10 Å². The van der Waals surface area contributed by atoms with Crippen LogP contribution in [0.15, 0.2) is 36.4 Å². The monoisotopic (exact) mass is 288 g/mol. The first-order chi connectivity index (χ1) is 9.74. The molecule has 102 valence electrons. The lowest BCUT2D eigenvalue weighted by atomic mass is 9.93. The number of rotatable bonds is 4. The SMILES string of the molecule is COc1ccc(C=O)c([C@H]2CO2)c1-c1ccc(Cl)cc1. The van der Waals surface area contributed by atoms with Gasteiger partial charge in [-0.05, 0) is 29.8 Å². The maximum atomic E-state index is 11.3. The van der Waals surface area contributed by atoms with Gasteiger partial charge in [0.2, 0.25) is 0 Å². The summed E-state index contributed by atoms with van der Waals surface area (Å²) in [6.45, 7) is 0.634. The highest BCUT2D eigenvalue weighted by atomic mass is 35.5. The fraction of sp³-hybridized carbons (Fsp3) is 0.188. The van der Waals surface area contributed by atoms with Crippen LogP contribution in [0.25, 0.3) is 11.1 Å². The van der Waals surface area contributed by atoms with Crippen LogP contribution in [0.1, 0.15) is 22.0 Å². The zero-order valence-corrected chi connectivity index (χ0v) is 11.7. The summed E-state index contributed by atoms with van der Waals surface area (Å²) in [5.41, 5.74) is 3.39. The minimum absolute atomic E-state index is 0.0315. The van der Waals surface area contributed by atoms with Crippen LogP contribution in [0.4, 0.5) is 0 Å². The predicted octanol–water partition coefficient (Wildman–Crippen LogP) is 3.90. The number of carbonyl (C=O) groups excluding carboxylic acids is 1. The number of halogens is 1. The molecule has 0 saturated carbocycles. The van der Waals surface area contributed by atoms with Gasteiger partial charge in [-0.15, -0.1) is 0 Å². The maximum absolute atomic E-state index is 11.3. The van der Waals surface area contributed by atoms with Gasteiger partial charge in [0.15, 0.2) is 0 Å². The number of epoxide rings is 1. The summed E-state index contributed by atoms with van der Waals surface area (Å²) < 4.78 is 10.8. The minimum Gasteiger partial charge on any atom is -0.496 e. The van der Waals surface area contributed by atoms with E-state index in [0.717, 1.165) is 28.7 Å². The van der Waals surface area contributed by atoms with Crippen molar-refractivity contribution in [2.75, 3.05) is 13.7 Å². The average Bonchev–Trinajstić information content (AvgIpc) is 3.31. The van der Waals surface area contributed by atoms with Gasteiger partial charge in [-0.3, -0.25) is 4.79 Å². The quantitative estimate of drug-likeness (QED) is 0.633. The van der Waals surface area contributed by atoms with E-state index in [-0.39, 0.29) is 6.10 Å². The molecule has 0 N–H and O–H groups in total. The Hall–Kier alpha value is -1.84. The second-order valence-electron chi connectivity index (χ2n) is 4.59. The second kappa shape index (κ2) is 5.27. The van der Waals surface area contributed by atoms with E-state index in [0.29, 0.717) is 17.2 Å². The summed E-state index contributed by atoms with van der Waals surface area (Å²) >= 11 is 5.93. The molecule has 20 heavy (non-hydrogen) atoms. The van der Waals surface area contributed by atoms with E-state index in [1.165, 1.54) is 0 Å². The van der Waals surface area contributed by atoms with Gasteiger partial charge in [-0.2, -0.15) is 0 Å². The van der Waals surface area contributed by atoms with Gasteiger partial charge in [-0.1, -0.05) is 23.7 Å². The molecule has 0 aliphatic carbocycles. The third-order valence-electron chi connectivity index (χ3n) is 3.38. The number of methoxy groups -OCH3 is 1. The smallest absolute Gasteiger partial charge is 0.150 e. The van der Waals surface area contributed by atoms with Crippen LogP contribution in [0.3, 0.4) is 0 Å². The molecule has 3 rings (SSSR count). The number of aldehydes is 1. The number of ether oxygens (including phenoxy) is 2. The highest BCUT2D eigenvalue weighted by Crippen LogP contribution is 2.43. The fourth-order valence-corrected chi connectivity index (χ4v) is 2.49. The van der Waals surface area contributed by atoms with E-state index >= 15 is 0 Å². The van der Waals surface area contributed by atoms with Gasteiger partial charge in [0.25, 0.3) is 0 Å². The Morgan fingerprint density at radius 3 is 2.50 bits per heavy atom. The van der Waals surface area contributed by atoms with E-state index in [1.54, 1.807) is 19.2 Å². The number of hydrogen-bond donors (Lipinski definition) is 0. The van der Waals surface area contributed by atoms with Crippen LogP contribution >= 0.6 is 11.6 Å². The van der Waals surface area contributed by atoms with Crippen molar-refractivity contribution in [2.24, 2.45) is 0 Å². The highest BCUT2D eigenvalue weighted by Gasteiger charge is 2.32. The Labute approximate surface area is 122 Å². The van der Waals surface area contributed by atoms with Crippen molar-refractivity contribution in [1.29, 1.82) is 0 Å². The van der Waals surface area contributed by atoms with Crippen LogP contribution in [0.2, 0.25) is 5.02 Å². The van der Waals surface area contributed by atoms with Crippen LogP contribution < -0.4 is 4.74 Å². The highest BCUT2D eigenvalue weighted by molar-refractivity contribution is 6.30. The summed E-state index contributed by atoms with van der Waals surface area (Å²) in [5.74, 6) is 0.725. The molecular formula is C16H13ClO3.